The largest absolute Gasteiger partial charge is 0.496 e. The van der Waals surface area contributed by atoms with Crippen LogP contribution in [-0.4, -0.2) is 31.4 Å². The van der Waals surface area contributed by atoms with Crippen LogP contribution in [0.5, 0.6) is 5.75 Å². The average molecular weight is 340 g/mol. The average Bonchev–Trinajstić information content (AvgIpc) is 2.76. The molecule has 1 aromatic carbocycles. The maximum atomic E-state index is 13.1. The Hall–Kier alpha value is -2.20. The van der Waals surface area contributed by atoms with E-state index < -0.39 is 11.5 Å². The molecule has 1 fully saturated rings. The summed E-state index contributed by atoms with van der Waals surface area (Å²) < 4.78 is 11.1. The van der Waals surface area contributed by atoms with Crippen molar-refractivity contribution in [3.05, 3.63) is 53.6 Å². The molecule has 2 aliphatic carbocycles. The van der Waals surface area contributed by atoms with Gasteiger partial charge in [-0.25, -0.2) is 0 Å². The lowest BCUT2D eigenvalue weighted by Crippen LogP contribution is -2.45. The number of allylic oxidation sites excluding steroid dienone is 2. The molecule has 2 bridgehead atoms. The first kappa shape index (κ1) is 17.6. The Balaban J connectivity index is 2.14. The van der Waals surface area contributed by atoms with E-state index in [1.54, 1.807) is 26.4 Å². The molecule has 25 heavy (non-hydrogen) atoms. The van der Waals surface area contributed by atoms with E-state index in [4.69, 9.17) is 9.47 Å². The number of benzene rings is 1. The molecule has 4 nitrogen and oxygen atoms in total. The van der Waals surface area contributed by atoms with Crippen LogP contribution in [-0.2, 0) is 14.3 Å². The van der Waals surface area contributed by atoms with E-state index in [-0.39, 0.29) is 23.4 Å². The third kappa shape index (κ3) is 2.39. The molecule has 0 amide bonds. The summed E-state index contributed by atoms with van der Waals surface area (Å²) in [5, 5.41) is 0. The van der Waals surface area contributed by atoms with E-state index in [1.807, 2.05) is 32.0 Å². The second kappa shape index (κ2) is 6.26. The van der Waals surface area contributed by atoms with E-state index in [0.717, 1.165) is 16.9 Å². The number of rotatable bonds is 5. The molecule has 2 aliphatic rings. The lowest BCUT2D eigenvalue weighted by Gasteiger charge is -2.30. The van der Waals surface area contributed by atoms with Gasteiger partial charge in [-0.15, -0.1) is 6.58 Å². The van der Waals surface area contributed by atoms with Gasteiger partial charge in [0.25, 0.3) is 0 Å². The molecule has 0 heterocycles. The van der Waals surface area contributed by atoms with Gasteiger partial charge in [-0.05, 0) is 42.2 Å². The van der Waals surface area contributed by atoms with Gasteiger partial charge in [-0.2, -0.15) is 0 Å². The van der Waals surface area contributed by atoms with E-state index >= 15 is 0 Å². The molecule has 4 atom stereocenters. The standard InChI is InChI=1S/C21H24O4/c1-6-7-15-11-21(25-5)13(3)17(18(19(15)22)20(21)23)14-9-8-12(2)16(10-14)24-4/h6,8-11,13,17-18H,1,7H2,2-5H3. The zero-order valence-electron chi connectivity index (χ0n) is 15.2. The van der Waals surface area contributed by atoms with Gasteiger partial charge in [0.15, 0.2) is 11.6 Å². The number of aryl methyl sites for hydroxylation is 1. The van der Waals surface area contributed by atoms with Gasteiger partial charge in [0, 0.05) is 18.9 Å². The maximum absolute atomic E-state index is 13.1. The van der Waals surface area contributed by atoms with Crippen LogP contribution >= 0.6 is 0 Å². The summed E-state index contributed by atoms with van der Waals surface area (Å²) >= 11 is 0. The lowest BCUT2D eigenvalue weighted by atomic mass is 9.79. The van der Waals surface area contributed by atoms with Crippen molar-refractivity contribution in [2.75, 3.05) is 14.2 Å². The van der Waals surface area contributed by atoms with Gasteiger partial charge in [0.2, 0.25) is 0 Å². The normalized spacial score (nSPS) is 31.0. The molecule has 132 valence electrons. The van der Waals surface area contributed by atoms with Crippen LogP contribution in [0.4, 0.5) is 0 Å². The Labute approximate surface area is 148 Å². The molecule has 3 rings (SSSR count). The topological polar surface area (TPSA) is 52.6 Å². The maximum Gasteiger partial charge on any atom is 0.180 e. The van der Waals surface area contributed by atoms with Crippen molar-refractivity contribution in [2.24, 2.45) is 11.8 Å². The van der Waals surface area contributed by atoms with Crippen molar-refractivity contribution in [1.82, 2.24) is 0 Å². The number of hydrogen-bond acceptors (Lipinski definition) is 4. The molecule has 0 saturated heterocycles. The van der Waals surface area contributed by atoms with Crippen LogP contribution in [0.3, 0.4) is 0 Å². The first-order valence-electron chi connectivity index (χ1n) is 8.52. The van der Waals surface area contributed by atoms with Crippen LogP contribution in [0.2, 0.25) is 0 Å². The van der Waals surface area contributed by atoms with Gasteiger partial charge in [-0.1, -0.05) is 25.1 Å². The third-order valence-corrected chi connectivity index (χ3v) is 5.75. The number of carbonyl (C=O) groups is 2. The Morgan fingerprint density at radius 2 is 2.00 bits per heavy atom. The number of hydrogen-bond donors (Lipinski definition) is 0. The fraction of sp³-hybridized carbons (Fsp3) is 0.429. The molecule has 0 aliphatic heterocycles. The number of fused-ring (bicyclic) bond motifs is 2. The molecule has 0 N–H and O–H groups in total. The SMILES string of the molecule is C=CCC1=CC2(OC)C(=O)C(C1=O)C(c1ccc(C)c(OC)c1)C2C. The molecule has 0 radical (unpaired) electrons. The molecule has 4 heteroatoms. The van der Waals surface area contributed by atoms with E-state index in [2.05, 4.69) is 6.58 Å². The number of ketones is 2. The third-order valence-electron chi connectivity index (χ3n) is 5.75. The molecular formula is C21H24O4. The summed E-state index contributed by atoms with van der Waals surface area (Å²) in [5.74, 6) is -0.558. The molecule has 0 spiro atoms. The highest BCUT2D eigenvalue weighted by molar-refractivity contribution is 6.19. The van der Waals surface area contributed by atoms with Gasteiger partial charge in [0.1, 0.15) is 11.4 Å². The molecule has 1 saturated carbocycles. The minimum atomic E-state index is -1.04. The van der Waals surface area contributed by atoms with Gasteiger partial charge >= 0.3 is 0 Å². The predicted octanol–water partition coefficient (Wildman–Crippen LogP) is 3.39. The zero-order chi connectivity index (χ0) is 18.4. The van der Waals surface area contributed by atoms with E-state index in [9.17, 15) is 9.59 Å². The zero-order valence-corrected chi connectivity index (χ0v) is 15.2. The van der Waals surface area contributed by atoms with Gasteiger partial charge in [0.05, 0.1) is 13.0 Å². The van der Waals surface area contributed by atoms with Crippen LogP contribution in [0.15, 0.2) is 42.5 Å². The Bertz CT molecular complexity index is 776. The summed E-state index contributed by atoms with van der Waals surface area (Å²) in [6.45, 7) is 7.67. The van der Waals surface area contributed by atoms with E-state index in [0.29, 0.717) is 12.0 Å². The van der Waals surface area contributed by atoms with Gasteiger partial charge in [-0.3, -0.25) is 9.59 Å². The second-order valence-electron chi connectivity index (χ2n) is 6.91. The van der Waals surface area contributed by atoms with Crippen molar-refractivity contribution >= 4 is 11.6 Å². The smallest absolute Gasteiger partial charge is 0.180 e. The molecule has 1 aromatic rings. The highest BCUT2D eigenvalue weighted by atomic mass is 16.5. The van der Waals surface area contributed by atoms with E-state index in [1.165, 1.54) is 0 Å². The van der Waals surface area contributed by atoms with Crippen LogP contribution in [0, 0.1) is 18.8 Å². The fourth-order valence-electron chi connectivity index (χ4n) is 4.39. The van der Waals surface area contributed by atoms with Crippen molar-refractivity contribution in [3.63, 3.8) is 0 Å². The van der Waals surface area contributed by atoms with Crippen LogP contribution in [0.25, 0.3) is 0 Å². The number of methoxy groups -OCH3 is 2. The van der Waals surface area contributed by atoms with Gasteiger partial charge < -0.3 is 9.47 Å². The lowest BCUT2D eigenvalue weighted by molar-refractivity contribution is -0.141. The van der Waals surface area contributed by atoms with Crippen molar-refractivity contribution in [2.45, 2.75) is 31.8 Å². The quantitative estimate of drug-likeness (QED) is 0.609. The Kier molecular flexibility index (Phi) is 4.41. The van der Waals surface area contributed by atoms with Crippen LogP contribution in [0.1, 0.15) is 30.4 Å². The minimum absolute atomic E-state index is 0.105. The summed E-state index contributed by atoms with van der Waals surface area (Å²) in [6, 6.07) is 5.89. The first-order chi connectivity index (χ1) is 11.9. The Morgan fingerprint density at radius 1 is 1.28 bits per heavy atom. The second-order valence-corrected chi connectivity index (χ2v) is 6.91. The number of Topliss-reactive ketones (excluding diaryl/α,β-unsaturated/α-hetero) is 2. The fourth-order valence-corrected chi connectivity index (χ4v) is 4.39. The summed E-state index contributed by atoms with van der Waals surface area (Å²) in [6.07, 6.45) is 3.87. The Morgan fingerprint density at radius 3 is 2.60 bits per heavy atom. The summed E-state index contributed by atoms with van der Waals surface area (Å²) in [5.41, 5.74) is 1.54. The highest BCUT2D eigenvalue weighted by Crippen LogP contribution is 2.54. The van der Waals surface area contributed by atoms with Crippen molar-refractivity contribution in [3.8, 4) is 5.75 Å². The summed E-state index contributed by atoms with van der Waals surface area (Å²) in [4.78, 5) is 26.0. The van der Waals surface area contributed by atoms with Crippen LogP contribution < -0.4 is 4.74 Å². The number of ether oxygens (including phenoxy) is 2. The van der Waals surface area contributed by atoms with Crippen molar-refractivity contribution < 1.29 is 19.1 Å². The predicted molar refractivity (Wildman–Crippen MR) is 95.8 cm³/mol. The minimum Gasteiger partial charge on any atom is -0.496 e. The monoisotopic (exact) mass is 340 g/mol. The molecular weight excluding hydrogens is 316 g/mol. The summed E-state index contributed by atoms with van der Waals surface area (Å²) in [7, 11) is 3.17. The van der Waals surface area contributed by atoms with Crippen molar-refractivity contribution in [1.29, 1.82) is 0 Å². The first-order valence-corrected chi connectivity index (χ1v) is 8.52. The number of carbonyl (C=O) groups excluding carboxylic acids is 2. The molecule has 0 aromatic heterocycles. The highest BCUT2D eigenvalue weighted by Gasteiger charge is 2.63. The molecule has 4 unspecified atom stereocenters.